The van der Waals surface area contributed by atoms with Crippen LogP contribution in [-0.4, -0.2) is 21.8 Å². The molecule has 0 spiro atoms. The van der Waals surface area contributed by atoms with Crippen LogP contribution in [0.15, 0.2) is 12.2 Å². The van der Waals surface area contributed by atoms with Gasteiger partial charge in [-0.1, -0.05) is 57.6 Å². The summed E-state index contributed by atoms with van der Waals surface area (Å²) in [5, 5.41) is 8.58. The van der Waals surface area contributed by atoms with Crippen LogP contribution in [0, 0.1) is 0 Å². The van der Waals surface area contributed by atoms with E-state index in [-0.39, 0.29) is 17.2 Å². The van der Waals surface area contributed by atoms with Crippen molar-refractivity contribution in [1.82, 2.24) is 0 Å². The van der Waals surface area contributed by atoms with E-state index < -0.39 is 5.97 Å². The Morgan fingerprint density at radius 3 is 2.32 bits per heavy atom. The number of allylic oxidation sites excluding steroid dienone is 2. The molecule has 0 saturated heterocycles. The first kappa shape index (κ1) is 21.8. The third kappa shape index (κ3) is 14.7. The third-order valence-corrected chi connectivity index (χ3v) is 4.90. The molecular formula is C18H32Cl2O2. The number of alkyl halides is 2. The van der Waals surface area contributed by atoms with E-state index in [0.29, 0.717) is 0 Å². The summed E-state index contributed by atoms with van der Waals surface area (Å²) in [5.41, 5.74) is 0. The Labute approximate surface area is 146 Å². The SMILES string of the molecule is CCCCCC=CCC(Cl)C(Cl)CCCCCCCC(=O)O. The van der Waals surface area contributed by atoms with Gasteiger partial charge in [-0.15, -0.1) is 23.2 Å². The van der Waals surface area contributed by atoms with E-state index in [1.165, 1.54) is 19.3 Å². The Kier molecular flexibility index (Phi) is 15.5. The first-order valence-electron chi connectivity index (χ1n) is 8.72. The van der Waals surface area contributed by atoms with E-state index in [1.807, 2.05) is 0 Å². The fourth-order valence-electron chi connectivity index (χ4n) is 2.33. The van der Waals surface area contributed by atoms with Crippen molar-refractivity contribution in [3.05, 3.63) is 12.2 Å². The molecule has 2 unspecified atom stereocenters. The summed E-state index contributed by atoms with van der Waals surface area (Å²) in [4.78, 5) is 10.4. The number of aliphatic carboxylic acids is 1. The second-order valence-corrected chi connectivity index (χ2v) is 7.06. The molecule has 0 aromatic rings. The summed E-state index contributed by atoms with van der Waals surface area (Å²) in [6.07, 6.45) is 16.4. The van der Waals surface area contributed by atoms with E-state index >= 15 is 0 Å². The molecule has 0 aromatic carbocycles. The maximum absolute atomic E-state index is 10.4. The molecule has 0 saturated carbocycles. The number of hydrogen-bond acceptors (Lipinski definition) is 1. The van der Waals surface area contributed by atoms with Crippen molar-refractivity contribution in [2.75, 3.05) is 0 Å². The van der Waals surface area contributed by atoms with Crippen LogP contribution >= 0.6 is 23.2 Å². The summed E-state index contributed by atoms with van der Waals surface area (Å²) in [6.45, 7) is 2.21. The minimum absolute atomic E-state index is 0.0103. The average Bonchev–Trinajstić information content (AvgIpc) is 2.49. The van der Waals surface area contributed by atoms with E-state index in [2.05, 4.69) is 19.1 Å². The first-order valence-corrected chi connectivity index (χ1v) is 9.60. The Morgan fingerprint density at radius 2 is 1.64 bits per heavy atom. The van der Waals surface area contributed by atoms with E-state index in [9.17, 15) is 4.79 Å². The van der Waals surface area contributed by atoms with Crippen molar-refractivity contribution in [3.63, 3.8) is 0 Å². The fraction of sp³-hybridized carbons (Fsp3) is 0.833. The predicted molar refractivity (Wildman–Crippen MR) is 97.1 cm³/mol. The molecule has 2 atom stereocenters. The maximum Gasteiger partial charge on any atom is 0.303 e. The molecule has 0 aromatic heterocycles. The summed E-state index contributed by atoms with van der Waals surface area (Å²) in [6, 6.07) is 0. The lowest BCUT2D eigenvalue weighted by Gasteiger charge is -2.14. The van der Waals surface area contributed by atoms with Crippen LogP contribution in [0.25, 0.3) is 0 Å². The topological polar surface area (TPSA) is 37.3 Å². The van der Waals surface area contributed by atoms with Gasteiger partial charge in [0.2, 0.25) is 0 Å². The monoisotopic (exact) mass is 350 g/mol. The number of carboxylic acids is 1. The second-order valence-electron chi connectivity index (χ2n) is 5.94. The van der Waals surface area contributed by atoms with Gasteiger partial charge in [0.1, 0.15) is 0 Å². The van der Waals surface area contributed by atoms with Gasteiger partial charge in [0, 0.05) is 6.42 Å². The minimum atomic E-state index is -0.700. The second kappa shape index (κ2) is 15.7. The minimum Gasteiger partial charge on any atom is -0.481 e. The lowest BCUT2D eigenvalue weighted by Crippen LogP contribution is -2.14. The number of carboxylic acid groups (broad SMARTS) is 1. The van der Waals surface area contributed by atoms with E-state index in [0.717, 1.165) is 51.4 Å². The van der Waals surface area contributed by atoms with Gasteiger partial charge in [0.05, 0.1) is 10.8 Å². The largest absolute Gasteiger partial charge is 0.481 e. The lowest BCUT2D eigenvalue weighted by molar-refractivity contribution is -0.137. The maximum atomic E-state index is 10.4. The van der Waals surface area contributed by atoms with Gasteiger partial charge in [-0.2, -0.15) is 0 Å². The van der Waals surface area contributed by atoms with Crippen molar-refractivity contribution < 1.29 is 9.90 Å². The Hall–Kier alpha value is -0.210. The number of rotatable bonds is 15. The normalized spacial score (nSPS) is 14.3. The highest BCUT2D eigenvalue weighted by Crippen LogP contribution is 2.21. The van der Waals surface area contributed by atoms with Crippen LogP contribution in [0.2, 0.25) is 0 Å². The molecule has 22 heavy (non-hydrogen) atoms. The predicted octanol–water partition coefficient (Wildman–Crippen LogP) is 6.54. The van der Waals surface area contributed by atoms with Gasteiger partial charge < -0.3 is 5.11 Å². The lowest BCUT2D eigenvalue weighted by atomic mass is 10.1. The molecule has 0 fully saturated rings. The number of hydrogen-bond donors (Lipinski definition) is 1. The summed E-state index contributed by atoms with van der Waals surface area (Å²) >= 11 is 12.7. The third-order valence-electron chi connectivity index (χ3n) is 3.77. The molecule has 0 aliphatic rings. The van der Waals surface area contributed by atoms with Crippen LogP contribution in [0.4, 0.5) is 0 Å². The van der Waals surface area contributed by atoms with Gasteiger partial charge in [-0.3, -0.25) is 4.79 Å². The molecule has 0 radical (unpaired) electrons. The molecule has 4 heteroatoms. The Bertz CT molecular complexity index is 293. The standard InChI is InChI=1S/C18H32Cl2O2/c1-2-3-4-5-7-10-13-16(19)17(20)14-11-8-6-9-12-15-18(21)22/h7,10,16-17H,2-6,8-9,11-15H2,1H3,(H,21,22). The molecule has 0 bridgehead atoms. The molecule has 0 aliphatic carbocycles. The highest BCUT2D eigenvalue weighted by molar-refractivity contribution is 6.30. The number of carbonyl (C=O) groups is 1. The zero-order chi connectivity index (χ0) is 16.6. The molecule has 0 heterocycles. The first-order chi connectivity index (χ1) is 10.6. The van der Waals surface area contributed by atoms with Gasteiger partial charge in [-0.25, -0.2) is 0 Å². The van der Waals surface area contributed by atoms with Crippen molar-refractivity contribution in [3.8, 4) is 0 Å². The van der Waals surface area contributed by atoms with Crippen molar-refractivity contribution in [2.24, 2.45) is 0 Å². The van der Waals surface area contributed by atoms with Gasteiger partial charge in [0.25, 0.3) is 0 Å². The van der Waals surface area contributed by atoms with Crippen LogP contribution in [0.3, 0.4) is 0 Å². The van der Waals surface area contributed by atoms with Gasteiger partial charge in [-0.05, 0) is 32.1 Å². The zero-order valence-corrected chi connectivity index (χ0v) is 15.4. The van der Waals surface area contributed by atoms with Crippen LogP contribution in [0.1, 0.15) is 84.0 Å². The van der Waals surface area contributed by atoms with Gasteiger partial charge >= 0.3 is 5.97 Å². The fourth-order valence-corrected chi connectivity index (χ4v) is 2.82. The molecule has 0 aliphatic heterocycles. The highest BCUT2D eigenvalue weighted by Gasteiger charge is 2.14. The number of halogens is 2. The zero-order valence-electron chi connectivity index (χ0n) is 13.9. The van der Waals surface area contributed by atoms with Crippen molar-refractivity contribution in [2.45, 2.75) is 94.7 Å². The molecule has 130 valence electrons. The summed E-state index contributed by atoms with van der Waals surface area (Å²) in [7, 11) is 0. The molecule has 2 nitrogen and oxygen atoms in total. The van der Waals surface area contributed by atoms with Crippen LogP contribution < -0.4 is 0 Å². The molecule has 0 amide bonds. The smallest absolute Gasteiger partial charge is 0.303 e. The van der Waals surface area contributed by atoms with Crippen molar-refractivity contribution >= 4 is 29.2 Å². The number of unbranched alkanes of at least 4 members (excludes halogenated alkanes) is 7. The Morgan fingerprint density at radius 1 is 0.955 bits per heavy atom. The highest BCUT2D eigenvalue weighted by atomic mass is 35.5. The van der Waals surface area contributed by atoms with Crippen LogP contribution in [0.5, 0.6) is 0 Å². The molecular weight excluding hydrogens is 319 g/mol. The van der Waals surface area contributed by atoms with E-state index in [1.54, 1.807) is 0 Å². The van der Waals surface area contributed by atoms with E-state index in [4.69, 9.17) is 28.3 Å². The molecule has 0 rings (SSSR count). The van der Waals surface area contributed by atoms with Gasteiger partial charge in [0.15, 0.2) is 0 Å². The summed E-state index contributed by atoms with van der Waals surface area (Å²) < 4.78 is 0. The summed E-state index contributed by atoms with van der Waals surface area (Å²) in [5.74, 6) is -0.700. The Balaban J connectivity index is 3.49. The molecule has 1 N–H and O–H groups in total. The van der Waals surface area contributed by atoms with Crippen molar-refractivity contribution in [1.29, 1.82) is 0 Å². The average molecular weight is 351 g/mol. The van der Waals surface area contributed by atoms with Crippen LogP contribution in [-0.2, 0) is 4.79 Å². The quantitative estimate of drug-likeness (QED) is 0.206.